The molecule has 0 spiro atoms. The number of halogens is 1. The van der Waals surface area contributed by atoms with Gasteiger partial charge in [0.2, 0.25) is 0 Å². The summed E-state index contributed by atoms with van der Waals surface area (Å²) in [7, 11) is 0. The molecule has 5 heteroatoms. The minimum Gasteiger partial charge on any atom is -0.478 e. The summed E-state index contributed by atoms with van der Waals surface area (Å²) in [6, 6.07) is 4.80. The molecule has 19 heavy (non-hydrogen) atoms. The highest BCUT2D eigenvalue weighted by molar-refractivity contribution is 6.33. The topological polar surface area (TPSA) is 69.6 Å². The van der Waals surface area contributed by atoms with Crippen molar-refractivity contribution in [3.05, 3.63) is 28.8 Å². The van der Waals surface area contributed by atoms with Crippen LogP contribution in [0.2, 0.25) is 5.02 Å². The Labute approximate surface area is 117 Å². The van der Waals surface area contributed by atoms with E-state index < -0.39 is 5.97 Å². The molecular formula is C14H18ClNO3. The van der Waals surface area contributed by atoms with Crippen LogP contribution in [0.25, 0.3) is 0 Å². The van der Waals surface area contributed by atoms with E-state index in [0.717, 1.165) is 31.4 Å². The van der Waals surface area contributed by atoms with Crippen LogP contribution in [-0.4, -0.2) is 28.8 Å². The molecule has 2 rings (SSSR count). The summed E-state index contributed by atoms with van der Waals surface area (Å²) in [6.45, 7) is 0.684. The molecule has 2 atom stereocenters. The lowest BCUT2D eigenvalue weighted by atomic mass is 9.86. The molecule has 1 aromatic rings. The highest BCUT2D eigenvalue weighted by Gasteiger charge is 2.22. The van der Waals surface area contributed by atoms with Crippen molar-refractivity contribution in [2.24, 2.45) is 5.92 Å². The van der Waals surface area contributed by atoms with Crippen molar-refractivity contribution in [1.82, 2.24) is 0 Å². The molecule has 1 aromatic carbocycles. The van der Waals surface area contributed by atoms with Gasteiger partial charge in [-0.05, 0) is 31.0 Å². The van der Waals surface area contributed by atoms with Gasteiger partial charge >= 0.3 is 5.97 Å². The Hall–Kier alpha value is -1.26. The summed E-state index contributed by atoms with van der Waals surface area (Å²) in [5.41, 5.74) is 0.887. The molecule has 104 valence electrons. The zero-order valence-corrected chi connectivity index (χ0v) is 11.4. The van der Waals surface area contributed by atoms with Gasteiger partial charge in [-0.2, -0.15) is 0 Å². The predicted molar refractivity (Wildman–Crippen MR) is 74.9 cm³/mol. The first-order valence-electron chi connectivity index (χ1n) is 6.52. The van der Waals surface area contributed by atoms with Crippen LogP contribution in [0.5, 0.6) is 0 Å². The van der Waals surface area contributed by atoms with Gasteiger partial charge in [-0.1, -0.05) is 24.4 Å². The predicted octanol–water partition coefficient (Wildman–Crippen LogP) is 3.00. The smallest absolute Gasteiger partial charge is 0.337 e. The number of rotatable bonds is 4. The largest absolute Gasteiger partial charge is 0.478 e. The van der Waals surface area contributed by atoms with Gasteiger partial charge in [-0.15, -0.1) is 0 Å². The van der Waals surface area contributed by atoms with Gasteiger partial charge in [0.25, 0.3) is 0 Å². The molecule has 1 aliphatic carbocycles. The van der Waals surface area contributed by atoms with E-state index in [1.807, 2.05) is 0 Å². The monoisotopic (exact) mass is 283 g/mol. The lowest BCUT2D eigenvalue weighted by Gasteiger charge is -2.28. The van der Waals surface area contributed by atoms with E-state index in [1.165, 1.54) is 6.07 Å². The highest BCUT2D eigenvalue weighted by Crippen LogP contribution is 2.26. The van der Waals surface area contributed by atoms with E-state index in [4.69, 9.17) is 16.7 Å². The number of hydrogen-bond acceptors (Lipinski definition) is 3. The summed E-state index contributed by atoms with van der Waals surface area (Å²) < 4.78 is 0. The molecule has 2 unspecified atom stereocenters. The molecule has 0 heterocycles. The maximum absolute atomic E-state index is 10.8. The average Bonchev–Trinajstić information content (AvgIpc) is 2.37. The van der Waals surface area contributed by atoms with Crippen LogP contribution in [0.4, 0.5) is 5.69 Å². The van der Waals surface area contributed by atoms with Crippen molar-refractivity contribution in [2.75, 3.05) is 11.9 Å². The second-order valence-electron chi connectivity index (χ2n) is 4.99. The van der Waals surface area contributed by atoms with Crippen molar-refractivity contribution in [3.8, 4) is 0 Å². The van der Waals surface area contributed by atoms with Crippen molar-refractivity contribution in [1.29, 1.82) is 0 Å². The Morgan fingerprint density at radius 1 is 1.37 bits per heavy atom. The van der Waals surface area contributed by atoms with Crippen molar-refractivity contribution in [3.63, 3.8) is 0 Å². The third-order valence-corrected chi connectivity index (χ3v) is 3.95. The number of carboxylic acid groups (broad SMARTS) is 1. The second kappa shape index (κ2) is 6.26. The van der Waals surface area contributed by atoms with Crippen LogP contribution >= 0.6 is 11.6 Å². The summed E-state index contributed by atoms with van der Waals surface area (Å²) in [5.74, 6) is -0.772. The first-order valence-corrected chi connectivity index (χ1v) is 6.90. The van der Waals surface area contributed by atoms with Crippen LogP contribution < -0.4 is 5.32 Å². The zero-order valence-electron chi connectivity index (χ0n) is 10.6. The van der Waals surface area contributed by atoms with Gasteiger partial charge in [0.05, 0.1) is 16.7 Å². The van der Waals surface area contributed by atoms with Gasteiger partial charge in [0, 0.05) is 18.2 Å². The number of benzene rings is 1. The molecule has 0 aromatic heterocycles. The first-order chi connectivity index (χ1) is 9.08. The maximum Gasteiger partial charge on any atom is 0.337 e. The summed E-state index contributed by atoms with van der Waals surface area (Å²) in [6.07, 6.45) is 3.90. The van der Waals surface area contributed by atoms with E-state index in [9.17, 15) is 9.90 Å². The molecule has 1 fully saturated rings. The minimum absolute atomic E-state index is 0.102. The number of aromatic carboxylic acids is 1. The Morgan fingerprint density at radius 3 is 2.74 bits per heavy atom. The molecule has 0 aliphatic heterocycles. The lowest BCUT2D eigenvalue weighted by molar-refractivity contribution is 0.0697. The van der Waals surface area contributed by atoms with Gasteiger partial charge in [-0.3, -0.25) is 0 Å². The van der Waals surface area contributed by atoms with Gasteiger partial charge < -0.3 is 15.5 Å². The number of carboxylic acids is 1. The quantitative estimate of drug-likeness (QED) is 0.794. The van der Waals surface area contributed by atoms with Gasteiger partial charge in [0.1, 0.15) is 0 Å². The van der Waals surface area contributed by atoms with E-state index in [2.05, 4.69) is 5.32 Å². The zero-order chi connectivity index (χ0) is 13.8. The molecule has 1 saturated carbocycles. The van der Waals surface area contributed by atoms with Crippen molar-refractivity contribution < 1.29 is 15.0 Å². The number of nitrogens with one attached hydrogen (secondary N) is 1. The fourth-order valence-electron chi connectivity index (χ4n) is 2.47. The van der Waals surface area contributed by atoms with Gasteiger partial charge in [-0.25, -0.2) is 4.79 Å². The van der Waals surface area contributed by atoms with Crippen LogP contribution in [-0.2, 0) is 0 Å². The van der Waals surface area contributed by atoms with E-state index in [1.54, 1.807) is 12.1 Å². The summed E-state index contributed by atoms with van der Waals surface area (Å²) in [4.78, 5) is 10.8. The van der Waals surface area contributed by atoms with E-state index >= 15 is 0 Å². The minimum atomic E-state index is -1.03. The number of aliphatic hydroxyl groups is 1. The SMILES string of the molecule is O=C(O)c1ccc(NCC2CCCCC2O)cc1Cl. The number of carbonyl (C=O) groups is 1. The molecule has 3 N–H and O–H groups in total. The van der Waals surface area contributed by atoms with Crippen LogP contribution in [0.1, 0.15) is 36.0 Å². The number of anilines is 1. The number of aliphatic hydroxyl groups excluding tert-OH is 1. The fourth-order valence-corrected chi connectivity index (χ4v) is 2.74. The molecule has 0 radical (unpaired) electrons. The Bertz CT molecular complexity index is 464. The Kier molecular flexibility index (Phi) is 4.66. The molecular weight excluding hydrogens is 266 g/mol. The van der Waals surface area contributed by atoms with Crippen LogP contribution in [0, 0.1) is 5.92 Å². The van der Waals surface area contributed by atoms with E-state index in [-0.39, 0.29) is 22.6 Å². The molecule has 0 bridgehead atoms. The fraction of sp³-hybridized carbons (Fsp3) is 0.500. The normalized spacial score (nSPS) is 23.1. The Morgan fingerprint density at radius 2 is 2.11 bits per heavy atom. The summed E-state index contributed by atoms with van der Waals surface area (Å²) in [5, 5.41) is 22.2. The second-order valence-corrected chi connectivity index (χ2v) is 5.40. The first kappa shape index (κ1) is 14.2. The lowest BCUT2D eigenvalue weighted by Crippen LogP contribution is -2.30. The molecule has 0 saturated heterocycles. The average molecular weight is 284 g/mol. The van der Waals surface area contributed by atoms with Gasteiger partial charge in [0.15, 0.2) is 0 Å². The van der Waals surface area contributed by atoms with Crippen LogP contribution in [0.3, 0.4) is 0 Å². The molecule has 4 nitrogen and oxygen atoms in total. The summed E-state index contributed by atoms with van der Waals surface area (Å²) >= 11 is 5.90. The standard InChI is InChI=1S/C14H18ClNO3/c15-12-7-10(5-6-11(12)14(18)19)16-8-9-3-1-2-4-13(9)17/h5-7,9,13,16-17H,1-4,8H2,(H,18,19). The third kappa shape index (κ3) is 3.61. The van der Waals surface area contributed by atoms with Crippen molar-refractivity contribution >= 4 is 23.3 Å². The van der Waals surface area contributed by atoms with E-state index in [0.29, 0.717) is 6.54 Å². The molecule has 1 aliphatic rings. The van der Waals surface area contributed by atoms with Crippen LogP contribution in [0.15, 0.2) is 18.2 Å². The highest BCUT2D eigenvalue weighted by atomic mass is 35.5. The number of hydrogen-bond donors (Lipinski definition) is 3. The third-order valence-electron chi connectivity index (χ3n) is 3.64. The molecule has 0 amide bonds. The Balaban J connectivity index is 1.96. The van der Waals surface area contributed by atoms with Crippen molar-refractivity contribution in [2.45, 2.75) is 31.8 Å². The maximum atomic E-state index is 10.8.